The van der Waals surface area contributed by atoms with Gasteiger partial charge in [0.05, 0.1) is 0 Å². The molecule has 1 heteroatoms. The monoisotopic (exact) mass is 245 g/mol. The Balaban J connectivity index is 2.61. The van der Waals surface area contributed by atoms with Crippen molar-refractivity contribution < 1.29 is 24.4 Å². The van der Waals surface area contributed by atoms with Gasteiger partial charge in [0.15, 0.2) is 0 Å². The van der Waals surface area contributed by atoms with Crippen LogP contribution in [0.5, 0.6) is 0 Å². The van der Waals surface area contributed by atoms with Crippen molar-refractivity contribution in [3.8, 4) is 0 Å². The third kappa shape index (κ3) is 0.904. The van der Waals surface area contributed by atoms with E-state index in [1.54, 1.807) is 3.33 Å². The second-order valence-corrected chi connectivity index (χ2v) is 3.63. The molecule has 0 fully saturated rings. The molecule has 0 saturated carbocycles. The SMILES string of the molecule is [Hf][C]1=CC=CC1. The predicted octanol–water partition coefficient (Wildman–Crippen LogP) is 1.38. The first-order chi connectivity index (χ1) is 2.89. The number of hydrogen-bond acceptors (Lipinski definition) is 0. The van der Waals surface area contributed by atoms with Crippen LogP contribution in [0.1, 0.15) is 6.42 Å². The molecule has 0 aliphatic heterocycles. The van der Waals surface area contributed by atoms with Crippen LogP contribution in [0, 0.1) is 0 Å². The molecule has 1 aliphatic carbocycles. The Hall–Kier alpha value is 0.350. The molecule has 0 aromatic carbocycles. The molecule has 1 rings (SSSR count). The molecule has 0 heterocycles. The van der Waals surface area contributed by atoms with Gasteiger partial charge in [0.25, 0.3) is 0 Å². The van der Waals surface area contributed by atoms with Crippen LogP contribution in [0.3, 0.4) is 0 Å². The molecule has 0 amide bonds. The van der Waals surface area contributed by atoms with E-state index in [0.717, 1.165) is 0 Å². The molecule has 29 valence electrons. The van der Waals surface area contributed by atoms with Crippen LogP contribution >= 0.6 is 0 Å². The number of hydrogen-bond donors (Lipinski definition) is 0. The first kappa shape index (κ1) is 4.51. The minimum absolute atomic E-state index is 1.23. The molecule has 0 aromatic heterocycles. The van der Waals surface area contributed by atoms with Crippen LogP contribution in [-0.4, -0.2) is 0 Å². The zero-order valence-electron chi connectivity index (χ0n) is 3.44. The molecule has 0 spiro atoms. The van der Waals surface area contributed by atoms with Gasteiger partial charge in [-0.1, -0.05) is 0 Å². The van der Waals surface area contributed by atoms with E-state index in [4.69, 9.17) is 0 Å². The van der Waals surface area contributed by atoms with Crippen LogP contribution in [0.2, 0.25) is 0 Å². The molecule has 0 radical (unpaired) electrons. The molecule has 6 heavy (non-hydrogen) atoms. The van der Waals surface area contributed by atoms with Gasteiger partial charge in [-0.2, -0.15) is 0 Å². The third-order valence-corrected chi connectivity index (χ3v) is 2.10. The fourth-order valence-electron chi connectivity index (χ4n) is 0.447. The van der Waals surface area contributed by atoms with Gasteiger partial charge >= 0.3 is 52.4 Å². The third-order valence-electron chi connectivity index (χ3n) is 0.771. The van der Waals surface area contributed by atoms with Crippen molar-refractivity contribution in [3.05, 3.63) is 21.6 Å². The van der Waals surface area contributed by atoms with E-state index in [-0.39, 0.29) is 0 Å². The van der Waals surface area contributed by atoms with Crippen molar-refractivity contribution in [2.75, 3.05) is 0 Å². The standard InChI is InChI=1S/C5H5.Hf/c1-2-4-5-3-1;/h1-3H,4H2;. The Morgan fingerprint density at radius 2 is 2.50 bits per heavy atom. The summed E-state index contributed by atoms with van der Waals surface area (Å²) in [5, 5.41) is 0. The van der Waals surface area contributed by atoms with Crippen molar-refractivity contribution in [1.82, 2.24) is 0 Å². The van der Waals surface area contributed by atoms with E-state index in [2.05, 4.69) is 18.2 Å². The van der Waals surface area contributed by atoms with Crippen molar-refractivity contribution >= 4 is 0 Å². The van der Waals surface area contributed by atoms with Crippen LogP contribution < -0.4 is 0 Å². The Labute approximate surface area is 52.5 Å². The van der Waals surface area contributed by atoms with Crippen LogP contribution in [0.25, 0.3) is 0 Å². The van der Waals surface area contributed by atoms with Crippen molar-refractivity contribution in [2.45, 2.75) is 6.42 Å². The normalized spacial score (nSPS) is 18.2. The summed E-state index contributed by atoms with van der Waals surface area (Å²) < 4.78 is 1.61. The van der Waals surface area contributed by atoms with Crippen LogP contribution in [0.15, 0.2) is 21.6 Å². The van der Waals surface area contributed by atoms with E-state index in [9.17, 15) is 0 Å². The molecule has 0 atom stereocenters. The molecule has 0 aromatic rings. The van der Waals surface area contributed by atoms with Crippen LogP contribution in [0.4, 0.5) is 0 Å². The maximum atomic E-state index is 2.20. The van der Waals surface area contributed by atoms with E-state index in [0.29, 0.717) is 0 Å². The first-order valence-corrected chi connectivity index (χ1v) is 3.76. The van der Waals surface area contributed by atoms with Gasteiger partial charge in [0, 0.05) is 0 Å². The van der Waals surface area contributed by atoms with E-state index in [1.807, 2.05) is 0 Å². The Kier molecular flexibility index (Phi) is 1.41. The second-order valence-electron chi connectivity index (χ2n) is 1.32. The molecular weight excluding hydrogens is 239 g/mol. The summed E-state index contributed by atoms with van der Waals surface area (Å²) in [5.41, 5.74) is 0. The maximum absolute atomic E-state index is 2.20. The summed E-state index contributed by atoms with van der Waals surface area (Å²) in [6.45, 7) is 0. The Bertz CT molecular complexity index is 101. The van der Waals surface area contributed by atoms with Gasteiger partial charge in [0.2, 0.25) is 0 Å². The topological polar surface area (TPSA) is 0 Å². The van der Waals surface area contributed by atoms with Crippen molar-refractivity contribution in [3.63, 3.8) is 0 Å². The number of rotatable bonds is 0. The molecule has 0 N–H and O–H groups in total. The molecule has 1 aliphatic rings. The Morgan fingerprint density at radius 3 is 2.67 bits per heavy atom. The predicted molar refractivity (Wildman–Crippen MR) is 21.8 cm³/mol. The quantitative estimate of drug-likeness (QED) is 0.564. The van der Waals surface area contributed by atoms with Gasteiger partial charge in [0.1, 0.15) is 0 Å². The van der Waals surface area contributed by atoms with E-state index >= 15 is 0 Å². The molecule has 0 saturated heterocycles. The zero-order chi connectivity index (χ0) is 4.41. The van der Waals surface area contributed by atoms with E-state index < -0.39 is 0 Å². The zero-order valence-corrected chi connectivity index (χ0v) is 7.03. The van der Waals surface area contributed by atoms with E-state index in [1.165, 1.54) is 30.8 Å². The average molecular weight is 244 g/mol. The molecule has 0 unspecified atom stereocenters. The van der Waals surface area contributed by atoms with Crippen molar-refractivity contribution in [2.24, 2.45) is 0 Å². The number of allylic oxidation sites excluding steroid dienone is 4. The van der Waals surface area contributed by atoms with Crippen molar-refractivity contribution in [1.29, 1.82) is 0 Å². The fraction of sp³-hybridized carbons (Fsp3) is 0.200. The molecular formula is C5H5Hf. The summed E-state index contributed by atoms with van der Waals surface area (Å²) >= 11 is 1.25. The minimum atomic E-state index is 1.23. The summed E-state index contributed by atoms with van der Waals surface area (Å²) in [5.74, 6) is 0. The summed E-state index contributed by atoms with van der Waals surface area (Å²) in [4.78, 5) is 0. The second kappa shape index (κ2) is 1.87. The fourth-order valence-corrected chi connectivity index (χ4v) is 1.22. The Morgan fingerprint density at radius 1 is 1.67 bits per heavy atom. The van der Waals surface area contributed by atoms with Gasteiger partial charge in [-0.3, -0.25) is 0 Å². The summed E-state index contributed by atoms with van der Waals surface area (Å²) in [6.07, 6.45) is 7.75. The van der Waals surface area contributed by atoms with Gasteiger partial charge < -0.3 is 0 Å². The molecule has 0 bridgehead atoms. The average Bonchev–Trinajstić information content (AvgIpc) is 1.86. The summed E-state index contributed by atoms with van der Waals surface area (Å²) in [7, 11) is 0. The van der Waals surface area contributed by atoms with Gasteiger partial charge in [-0.25, -0.2) is 0 Å². The molecule has 0 nitrogen and oxygen atoms in total. The van der Waals surface area contributed by atoms with Gasteiger partial charge in [-0.05, 0) is 0 Å². The van der Waals surface area contributed by atoms with Gasteiger partial charge in [-0.15, -0.1) is 0 Å². The first-order valence-electron chi connectivity index (χ1n) is 1.97. The van der Waals surface area contributed by atoms with Crippen LogP contribution in [-0.2, 0) is 24.4 Å². The summed E-state index contributed by atoms with van der Waals surface area (Å²) in [6, 6.07) is 0.